The number of aromatic nitrogens is 1. The molecule has 0 aliphatic carbocycles. The van der Waals surface area contributed by atoms with E-state index in [2.05, 4.69) is 65.6 Å². The standard InChI is InChI=1S/C18H17NS/c1-3-7-15(8-4-1)11-12-18-17(19-14-20-18)13-16-9-5-2-6-10-16/h1-10,14H,11-13H2. The van der Waals surface area contributed by atoms with Gasteiger partial charge < -0.3 is 0 Å². The summed E-state index contributed by atoms with van der Waals surface area (Å²) in [5.74, 6) is 0. The molecule has 20 heavy (non-hydrogen) atoms. The Balaban J connectivity index is 1.68. The van der Waals surface area contributed by atoms with E-state index in [-0.39, 0.29) is 0 Å². The van der Waals surface area contributed by atoms with E-state index in [1.54, 1.807) is 11.3 Å². The maximum Gasteiger partial charge on any atom is 0.0797 e. The normalized spacial score (nSPS) is 10.6. The predicted molar refractivity (Wildman–Crippen MR) is 85.2 cm³/mol. The summed E-state index contributed by atoms with van der Waals surface area (Å²) < 4.78 is 0. The van der Waals surface area contributed by atoms with Gasteiger partial charge >= 0.3 is 0 Å². The number of thiazole rings is 1. The maximum atomic E-state index is 4.54. The van der Waals surface area contributed by atoms with Gasteiger partial charge in [-0.25, -0.2) is 4.98 Å². The largest absolute Gasteiger partial charge is 0.249 e. The summed E-state index contributed by atoms with van der Waals surface area (Å²) in [6.45, 7) is 0. The van der Waals surface area contributed by atoms with Gasteiger partial charge in [0, 0.05) is 11.3 Å². The van der Waals surface area contributed by atoms with Gasteiger partial charge in [-0.05, 0) is 24.0 Å². The van der Waals surface area contributed by atoms with Gasteiger partial charge in [0.05, 0.1) is 11.2 Å². The minimum Gasteiger partial charge on any atom is -0.249 e. The van der Waals surface area contributed by atoms with Crippen LogP contribution in [0.15, 0.2) is 66.2 Å². The van der Waals surface area contributed by atoms with Crippen LogP contribution in [0.2, 0.25) is 0 Å². The lowest BCUT2D eigenvalue weighted by molar-refractivity contribution is 0.944. The minimum atomic E-state index is 0.939. The molecule has 0 unspecified atom stereocenters. The Bertz CT molecular complexity index is 643. The fourth-order valence-corrected chi connectivity index (χ4v) is 3.12. The average Bonchev–Trinajstić information content (AvgIpc) is 2.94. The lowest BCUT2D eigenvalue weighted by Gasteiger charge is -2.03. The summed E-state index contributed by atoms with van der Waals surface area (Å²) in [5.41, 5.74) is 5.93. The number of benzene rings is 2. The Hall–Kier alpha value is -1.93. The van der Waals surface area contributed by atoms with Gasteiger partial charge in [0.15, 0.2) is 0 Å². The molecule has 0 fully saturated rings. The predicted octanol–water partition coefficient (Wildman–Crippen LogP) is 4.52. The van der Waals surface area contributed by atoms with Crippen molar-refractivity contribution >= 4 is 11.3 Å². The van der Waals surface area contributed by atoms with Crippen molar-refractivity contribution in [2.45, 2.75) is 19.3 Å². The van der Waals surface area contributed by atoms with Crippen LogP contribution in [0.4, 0.5) is 0 Å². The quantitative estimate of drug-likeness (QED) is 0.669. The van der Waals surface area contributed by atoms with E-state index in [4.69, 9.17) is 0 Å². The molecule has 0 aliphatic heterocycles. The molecule has 0 N–H and O–H groups in total. The van der Waals surface area contributed by atoms with Crippen molar-refractivity contribution in [3.05, 3.63) is 87.9 Å². The van der Waals surface area contributed by atoms with Crippen LogP contribution in [-0.4, -0.2) is 4.98 Å². The lowest BCUT2D eigenvalue weighted by Crippen LogP contribution is -1.96. The second-order valence-corrected chi connectivity index (χ2v) is 5.81. The third-order valence-electron chi connectivity index (χ3n) is 3.42. The zero-order chi connectivity index (χ0) is 13.6. The molecule has 0 atom stereocenters. The average molecular weight is 279 g/mol. The maximum absolute atomic E-state index is 4.54. The van der Waals surface area contributed by atoms with Gasteiger partial charge in [-0.3, -0.25) is 0 Å². The zero-order valence-electron chi connectivity index (χ0n) is 11.3. The van der Waals surface area contributed by atoms with Crippen LogP contribution in [-0.2, 0) is 19.3 Å². The highest BCUT2D eigenvalue weighted by molar-refractivity contribution is 7.09. The first kappa shape index (κ1) is 13.1. The molecule has 0 amide bonds. The summed E-state index contributed by atoms with van der Waals surface area (Å²) in [5, 5.41) is 0. The molecule has 2 aromatic carbocycles. The third kappa shape index (κ3) is 3.34. The van der Waals surface area contributed by atoms with E-state index in [9.17, 15) is 0 Å². The zero-order valence-corrected chi connectivity index (χ0v) is 12.1. The molecule has 3 rings (SSSR count). The lowest BCUT2D eigenvalue weighted by atomic mass is 10.1. The van der Waals surface area contributed by atoms with Crippen LogP contribution in [0.5, 0.6) is 0 Å². The topological polar surface area (TPSA) is 12.9 Å². The molecule has 1 nitrogen and oxygen atoms in total. The molecular formula is C18H17NS. The van der Waals surface area contributed by atoms with E-state index >= 15 is 0 Å². The Morgan fingerprint density at radius 2 is 1.40 bits per heavy atom. The fourth-order valence-electron chi connectivity index (χ4n) is 2.33. The van der Waals surface area contributed by atoms with Crippen LogP contribution in [0.1, 0.15) is 21.7 Å². The van der Waals surface area contributed by atoms with Crippen molar-refractivity contribution in [2.75, 3.05) is 0 Å². The molecule has 3 aromatic rings. The molecule has 1 aromatic heterocycles. The van der Waals surface area contributed by atoms with Gasteiger partial charge in [-0.2, -0.15) is 0 Å². The van der Waals surface area contributed by atoms with Crippen molar-refractivity contribution < 1.29 is 0 Å². The molecule has 100 valence electrons. The van der Waals surface area contributed by atoms with Crippen LogP contribution in [0, 0.1) is 0 Å². The van der Waals surface area contributed by atoms with Crippen molar-refractivity contribution in [3.63, 3.8) is 0 Å². The Labute approximate surface area is 124 Å². The van der Waals surface area contributed by atoms with Gasteiger partial charge in [0.1, 0.15) is 0 Å². The summed E-state index contributed by atoms with van der Waals surface area (Å²) in [6.07, 6.45) is 3.11. The molecule has 0 saturated heterocycles. The van der Waals surface area contributed by atoms with E-state index in [0.29, 0.717) is 0 Å². The SMILES string of the molecule is c1ccc(CCc2scnc2Cc2ccccc2)cc1. The molecule has 0 saturated carbocycles. The second-order valence-electron chi connectivity index (χ2n) is 4.87. The highest BCUT2D eigenvalue weighted by Crippen LogP contribution is 2.19. The first-order valence-corrected chi connectivity index (χ1v) is 7.79. The molecule has 0 radical (unpaired) electrons. The summed E-state index contributed by atoms with van der Waals surface area (Å²) in [6, 6.07) is 21.2. The first-order valence-electron chi connectivity index (χ1n) is 6.91. The smallest absolute Gasteiger partial charge is 0.0797 e. The number of hydrogen-bond acceptors (Lipinski definition) is 2. The highest BCUT2D eigenvalue weighted by Gasteiger charge is 2.07. The van der Waals surface area contributed by atoms with Crippen LogP contribution in [0.25, 0.3) is 0 Å². The van der Waals surface area contributed by atoms with Gasteiger partial charge in [-0.1, -0.05) is 60.7 Å². The highest BCUT2D eigenvalue weighted by atomic mass is 32.1. The summed E-state index contributed by atoms with van der Waals surface area (Å²) in [4.78, 5) is 5.96. The van der Waals surface area contributed by atoms with Crippen LogP contribution in [0.3, 0.4) is 0 Å². The Kier molecular flexibility index (Phi) is 4.24. The molecule has 0 bridgehead atoms. The Morgan fingerprint density at radius 3 is 2.10 bits per heavy atom. The molecular weight excluding hydrogens is 262 g/mol. The van der Waals surface area contributed by atoms with Crippen molar-refractivity contribution in [1.82, 2.24) is 4.98 Å². The third-order valence-corrected chi connectivity index (χ3v) is 4.36. The Morgan fingerprint density at radius 1 is 0.750 bits per heavy atom. The van der Waals surface area contributed by atoms with Crippen molar-refractivity contribution in [2.24, 2.45) is 0 Å². The minimum absolute atomic E-state index is 0.939. The van der Waals surface area contributed by atoms with E-state index in [1.807, 2.05) is 5.51 Å². The van der Waals surface area contributed by atoms with Gasteiger partial charge in [-0.15, -0.1) is 11.3 Å². The van der Waals surface area contributed by atoms with Gasteiger partial charge in [0.2, 0.25) is 0 Å². The van der Waals surface area contributed by atoms with Crippen LogP contribution < -0.4 is 0 Å². The first-order chi connectivity index (χ1) is 9.92. The van der Waals surface area contributed by atoms with E-state index < -0.39 is 0 Å². The number of hydrogen-bond donors (Lipinski definition) is 0. The van der Waals surface area contributed by atoms with Crippen molar-refractivity contribution in [1.29, 1.82) is 0 Å². The van der Waals surface area contributed by atoms with Crippen molar-refractivity contribution in [3.8, 4) is 0 Å². The molecule has 1 heterocycles. The van der Waals surface area contributed by atoms with Gasteiger partial charge in [0.25, 0.3) is 0 Å². The molecule has 0 aliphatic rings. The fraction of sp³-hybridized carbons (Fsp3) is 0.167. The summed E-state index contributed by atoms with van der Waals surface area (Å²) in [7, 11) is 0. The number of rotatable bonds is 5. The second kappa shape index (κ2) is 6.49. The monoisotopic (exact) mass is 279 g/mol. The summed E-state index contributed by atoms with van der Waals surface area (Å²) >= 11 is 1.78. The number of aryl methyl sites for hydroxylation is 2. The number of nitrogens with zero attached hydrogens (tertiary/aromatic N) is 1. The van der Waals surface area contributed by atoms with E-state index in [1.165, 1.54) is 21.7 Å². The van der Waals surface area contributed by atoms with E-state index in [0.717, 1.165) is 19.3 Å². The molecule has 0 spiro atoms. The molecule has 2 heteroatoms. The van der Waals surface area contributed by atoms with Crippen LogP contribution >= 0.6 is 11.3 Å².